The van der Waals surface area contributed by atoms with Crippen molar-refractivity contribution in [2.45, 2.75) is 19.3 Å². The van der Waals surface area contributed by atoms with Gasteiger partial charge in [-0.3, -0.25) is 4.79 Å². The van der Waals surface area contributed by atoms with Gasteiger partial charge in [0.25, 0.3) is 0 Å². The molecule has 0 bridgehead atoms. The van der Waals surface area contributed by atoms with Crippen LogP contribution in [0.3, 0.4) is 0 Å². The van der Waals surface area contributed by atoms with Gasteiger partial charge in [0.05, 0.1) is 0 Å². The Bertz CT molecular complexity index is 336. The molecule has 4 heteroatoms. The first kappa shape index (κ1) is 11.8. The van der Waals surface area contributed by atoms with Gasteiger partial charge in [0.2, 0.25) is 5.24 Å². The first-order valence-electron chi connectivity index (χ1n) is 4.22. The Labute approximate surface area is 98.0 Å². The van der Waals surface area contributed by atoms with Crippen molar-refractivity contribution in [1.82, 2.24) is 0 Å². The molecule has 76 valence electrons. The molecule has 0 heterocycles. The topological polar surface area (TPSA) is 17.1 Å². The van der Waals surface area contributed by atoms with E-state index in [-0.39, 0.29) is 5.24 Å². The van der Waals surface area contributed by atoms with Gasteiger partial charge < -0.3 is 0 Å². The van der Waals surface area contributed by atoms with Gasteiger partial charge in [-0.05, 0) is 42.1 Å². The van der Waals surface area contributed by atoms with Crippen molar-refractivity contribution in [3.63, 3.8) is 0 Å². The molecule has 0 spiro atoms. The Morgan fingerprint density at radius 3 is 2.57 bits per heavy atom. The molecule has 0 aliphatic heterocycles. The molecule has 1 nitrogen and oxygen atoms in total. The van der Waals surface area contributed by atoms with Crippen molar-refractivity contribution in [3.05, 3.63) is 33.8 Å². The number of carbonyl (C=O) groups excluding carboxylic acids is 1. The van der Waals surface area contributed by atoms with Crippen LogP contribution in [0, 0.1) is 0 Å². The van der Waals surface area contributed by atoms with Crippen LogP contribution in [0.4, 0.5) is 0 Å². The van der Waals surface area contributed by atoms with E-state index in [1.165, 1.54) is 0 Å². The summed E-state index contributed by atoms with van der Waals surface area (Å²) in [5, 5.41) is 0.946. The van der Waals surface area contributed by atoms with E-state index < -0.39 is 0 Å². The smallest absolute Gasteiger partial charge is 0.221 e. The Balaban J connectivity index is 2.55. The summed E-state index contributed by atoms with van der Waals surface area (Å²) in [5.74, 6) is 0. The number of aryl methyl sites for hydroxylation is 1. The molecule has 0 atom stereocenters. The lowest BCUT2D eigenvalue weighted by Crippen LogP contribution is -1.91. The van der Waals surface area contributed by atoms with Crippen LogP contribution in [0.1, 0.15) is 18.4 Å². The molecule has 1 rings (SSSR count). The molecule has 0 N–H and O–H groups in total. The van der Waals surface area contributed by atoms with Crippen molar-refractivity contribution in [1.29, 1.82) is 0 Å². The molecule has 0 fully saturated rings. The average Bonchev–Trinajstić information content (AvgIpc) is 2.08. The molecular formula is C10H9Cl3O. The zero-order chi connectivity index (χ0) is 10.6. The molecule has 0 saturated carbocycles. The summed E-state index contributed by atoms with van der Waals surface area (Å²) in [6, 6.07) is 5.34. The molecule has 0 saturated heterocycles. The maximum absolute atomic E-state index is 10.5. The highest BCUT2D eigenvalue weighted by molar-refractivity contribution is 6.63. The van der Waals surface area contributed by atoms with E-state index in [4.69, 9.17) is 34.8 Å². The van der Waals surface area contributed by atoms with Crippen molar-refractivity contribution >= 4 is 40.0 Å². The molecular weight excluding hydrogens is 242 g/mol. The van der Waals surface area contributed by atoms with E-state index in [1.54, 1.807) is 12.1 Å². The lowest BCUT2D eigenvalue weighted by molar-refractivity contribution is -0.111. The zero-order valence-corrected chi connectivity index (χ0v) is 9.66. The van der Waals surface area contributed by atoms with Gasteiger partial charge in [0, 0.05) is 16.5 Å². The first-order chi connectivity index (χ1) is 6.59. The lowest BCUT2D eigenvalue weighted by atomic mass is 10.1. The largest absolute Gasteiger partial charge is 0.281 e. The lowest BCUT2D eigenvalue weighted by Gasteiger charge is -2.02. The fourth-order valence-corrected chi connectivity index (χ4v) is 1.78. The van der Waals surface area contributed by atoms with Crippen LogP contribution in [0.15, 0.2) is 18.2 Å². The third-order valence-corrected chi connectivity index (χ3v) is 2.61. The van der Waals surface area contributed by atoms with Crippen molar-refractivity contribution < 1.29 is 4.79 Å². The van der Waals surface area contributed by atoms with Crippen LogP contribution in [0.2, 0.25) is 10.0 Å². The Kier molecular flexibility index (Phi) is 4.73. The van der Waals surface area contributed by atoms with Crippen molar-refractivity contribution in [3.8, 4) is 0 Å². The standard InChI is InChI=1S/C10H9Cl3O/c11-8-5-4-7(9(12)6-8)2-1-3-10(13)14/h4-6H,1-3H2. The van der Waals surface area contributed by atoms with Gasteiger partial charge in [-0.15, -0.1) is 0 Å². The summed E-state index contributed by atoms with van der Waals surface area (Å²) >= 11 is 16.9. The van der Waals surface area contributed by atoms with Crippen molar-refractivity contribution in [2.24, 2.45) is 0 Å². The van der Waals surface area contributed by atoms with Crippen molar-refractivity contribution in [2.75, 3.05) is 0 Å². The summed E-state index contributed by atoms with van der Waals surface area (Å²) < 4.78 is 0. The van der Waals surface area contributed by atoms with E-state index in [1.807, 2.05) is 6.07 Å². The molecule has 0 unspecified atom stereocenters. The van der Waals surface area contributed by atoms with Gasteiger partial charge in [-0.25, -0.2) is 0 Å². The fourth-order valence-electron chi connectivity index (χ4n) is 1.14. The van der Waals surface area contributed by atoms with E-state index >= 15 is 0 Å². The van der Waals surface area contributed by atoms with Crippen LogP contribution >= 0.6 is 34.8 Å². The van der Waals surface area contributed by atoms with Gasteiger partial charge in [-0.2, -0.15) is 0 Å². The van der Waals surface area contributed by atoms with Gasteiger partial charge in [-0.1, -0.05) is 29.3 Å². The second kappa shape index (κ2) is 5.59. The number of rotatable bonds is 4. The van der Waals surface area contributed by atoms with Gasteiger partial charge >= 0.3 is 0 Å². The second-order valence-electron chi connectivity index (χ2n) is 2.94. The summed E-state index contributed by atoms with van der Waals surface area (Å²) in [5.41, 5.74) is 0.994. The third kappa shape index (κ3) is 3.87. The highest BCUT2D eigenvalue weighted by Crippen LogP contribution is 2.22. The van der Waals surface area contributed by atoms with Crippen LogP contribution in [-0.2, 0) is 11.2 Å². The first-order valence-corrected chi connectivity index (χ1v) is 5.35. The molecule has 0 amide bonds. The van der Waals surface area contributed by atoms with Gasteiger partial charge in [0.15, 0.2) is 0 Å². The molecule has 0 aromatic heterocycles. The summed E-state index contributed by atoms with van der Waals surface area (Å²) in [7, 11) is 0. The number of hydrogen-bond donors (Lipinski definition) is 0. The summed E-state index contributed by atoms with van der Waals surface area (Å²) in [6.07, 6.45) is 1.83. The highest BCUT2D eigenvalue weighted by Gasteiger charge is 2.02. The predicted octanol–water partition coefficient (Wildman–Crippen LogP) is 4.08. The average molecular weight is 252 g/mol. The minimum Gasteiger partial charge on any atom is -0.281 e. The predicted molar refractivity (Wildman–Crippen MR) is 60.3 cm³/mol. The maximum atomic E-state index is 10.5. The Hall–Kier alpha value is -0.240. The van der Waals surface area contributed by atoms with Gasteiger partial charge in [0.1, 0.15) is 0 Å². The maximum Gasteiger partial charge on any atom is 0.221 e. The third-order valence-electron chi connectivity index (χ3n) is 1.83. The molecule has 1 aromatic carbocycles. The fraction of sp³-hybridized carbons (Fsp3) is 0.300. The number of halogens is 3. The van der Waals surface area contributed by atoms with E-state index in [2.05, 4.69) is 0 Å². The Morgan fingerprint density at radius 2 is 2.00 bits per heavy atom. The number of hydrogen-bond acceptors (Lipinski definition) is 1. The van der Waals surface area contributed by atoms with Crippen LogP contribution in [0.5, 0.6) is 0 Å². The second-order valence-corrected chi connectivity index (χ2v) is 4.21. The SMILES string of the molecule is O=C(Cl)CCCc1ccc(Cl)cc1Cl. The number of benzene rings is 1. The summed E-state index contributed by atoms with van der Waals surface area (Å²) in [6.45, 7) is 0. The van der Waals surface area contributed by atoms with Crippen LogP contribution in [0.25, 0.3) is 0 Å². The van der Waals surface area contributed by atoms with E-state index in [0.29, 0.717) is 22.9 Å². The minimum absolute atomic E-state index is 0.310. The molecule has 1 aromatic rings. The van der Waals surface area contributed by atoms with E-state index in [9.17, 15) is 4.79 Å². The van der Waals surface area contributed by atoms with Crippen LogP contribution < -0.4 is 0 Å². The molecule has 0 radical (unpaired) electrons. The number of carbonyl (C=O) groups is 1. The highest BCUT2D eigenvalue weighted by atomic mass is 35.5. The minimum atomic E-state index is -0.310. The molecule has 14 heavy (non-hydrogen) atoms. The normalized spacial score (nSPS) is 10.2. The Morgan fingerprint density at radius 1 is 1.29 bits per heavy atom. The zero-order valence-electron chi connectivity index (χ0n) is 7.40. The molecule has 0 aliphatic carbocycles. The summed E-state index contributed by atoms with van der Waals surface area (Å²) in [4.78, 5) is 10.5. The monoisotopic (exact) mass is 250 g/mol. The van der Waals surface area contributed by atoms with Crippen LogP contribution in [-0.4, -0.2) is 5.24 Å². The van der Waals surface area contributed by atoms with E-state index in [0.717, 1.165) is 12.0 Å². The quantitative estimate of drug-likeness (QED) is 0.737. The molecule has 0 aliphatic rings.